The van der Waals surface area contributed by atoms with Gasteiger partial charge >= 0.3 is 0 Å². The van der Waals surface area contributed by atoms with Crippen LogP contribution in [0.1, 0.15) is 42.4 Å². The predicted octanol–water partition coefficient (Wildman–Crippen LogP) is 0.637. The van der Waals surface area contributed by atoms with Gasteiger partial charge in [-0.3, -0.25) is 4.99 Å². The molecule has 9 heteroatoms. The van der Waals surface area contributed by atoms with Gasteiger partial charge in [0.25, 0.3) is 0 Å². The monoisotopic (exact) mass is 372 g/mol. The number of aromatic nitrogens is 5. The molecule has 2 aliphatic heterocycles. The molecule has 0 fully saturated rings. The van der Waals surface area contributed by atoms with Crippen LogP contribution in [0.4, 0.5) is 0 Å². The van der Waals surface area contributed by atoms with E-state index in [4.69, 9.17) is 9.72 Å². The lowest BCUT2D eigenvalue weighted by Crippen LogP contribution is -2.46. The molecule has 4 rings (SSSR count). The minimum atomic E-state index is 0.274. The van der Waals surface area contributed by atoms with Crippen LogP contribution < -0.4 is 10.6 Å². The maximum absolute atomic E-state index is 5.13. The van der Waals surface area contributed by atoms with Crippen molar-refractivity contribution in [1.29, 1.82) is 0 Å². The minimum Gasteiger partial charge on any atom is -0.377 e. The SMILES string of the molecule is CN=C(NCc1cn2c(n1)CCCC2)NC1CCc2nc(COC)nn2C1. The first-order valence-corrected chi connectivity index (χ1v) is 9.69. The molecule has 0 aromatic carbocycles. The first-order valence-electron chi connectivity index (χ1n) is 9.69. The third-order valence-corrected chi connectivity index (χ3v) is 5.14. The van der Waals surface area contributed by atoms with Crippen LogP contribution in [0.15, 0.2) is 11.2 Å². The lowest BCUT2D eigenvalue weighted by atomic mass is 10.1. The fourth-order valence-corrected chi connectivity index (χ4v) is 3.79. The highest BCUT2D eigenvalue weighted by molar-refractivity contribution is 5.79. The van der Waals surface area contributed by atoms with Crippen molar-refractivity contribution in [2.45, 2.75) is 64.4 Å². The van der Waals surface area contributed by atoms with Crippen LogP contribution >= 0.6 is 0 Å². The van der Waals surface area contributed by atoms with E-state index in [1.165, 1.54) is 18.7 Å². The molecule has 0 saturated carbocycles. The fraction of sp³-hybridized carbons (Fsp3) is 0.667. The van der Waals surface area contributed by atoms with Gasteiger partial charge in [-0.2, -0.15) is 5.10 Å². The Morgan fingerprint density at radius 1 is 1.30 bits per heavy atom. The summed E-state index contributed by atoms with van der Waals surface area (Å²) in [4.78, 5) is 13.6. The first-order chi connectivity index (χ1) is 13.2. The molecule has 1 atom stereocenters. The average Bonchev–Trinajstić information content (AvgIpc) is 3.27. The molecule has 0 aliphatic carbocycles. The van der Waals surface area contributed by atoms with Crippen LogP contribution in [0.25, 0.3) is 0 Å². The summed E-state index contributed by atoms with van der Waals surface area (Å²) in [5.41, 5.74) is 1.07. The summed E-state index contributed by atoms with van der Waals surface area (Å²) >= 11 is 0. The third-order valence-electron chi connectivity index (χ3n) is 5.14. The molecule has 9 nitrogen and oxygen atoms in total. The lowest BCUT2D eigenvalue weighted by Gasteiger charge is -2.25. The highest BCUT2D eigenvalue weighted by Gasteiger charge is 2.22. The van der Waals surface area contributed by atoms with Crippen molar-refractivity contribution in [2.24, 2.45) is 4.99 Å². The molecule has 0 spiro atoms. The number of aliphatic imine (C=N–C) groups is 1. The Balaban J connectivity index is 1.32. The van der Waals surface area contributed by atoms with E-state index in [9.17, 15) is 0 Å². The van der Waals surface area contributed by atoms with Gasteiger partial charge in [0, 0.05) is 45.8 Å². The van der Waals surface area contributed by atoms with Crippen LogP contribution in [-0.2, 0) is 43.8 Å². The Morgan fingerprint density at radius 3 is 3.04 bits per heavy atom. The second kappa shape index (κ2) is 8.08. The molecular formula is C18H28N8O. The van der Waals surface area contributed by atoms with Crippen molar-refractivity contribution in [3.8, 4) is 0 Å². The lowest BCUT2D eigenvalue weighted by molar-refractivity contribution is 0.177. The summed E-state index contributed by atoms with van der Waals surface area (Å²) in [5, 5.41) is 11.4. The van der Waals surface area contributed by atoms with Crippen molar-refractivity contribution in [3.05, 3.63) is 29.4 Å². The van der Waals surface area contributed by atoms with Gasteiger partial charge in [-0.1, -0.05) is 0 Å². The summed E-state index contributed by atoms with van der Waals surface area (Å²) in [6, 6.07) is 0.274. The Kier molecular flexibility index (Phi) is 5.38. The highest BCUT2D eigenvalue weighted by atomic mass is 16.5. The van der Waals surface area contributed by atoms with Gasteiger partial charge in [-0.25, -0.2) is 14.6 Å². The van der Waals surface area contributed by atoms with Gasteiger partial charge in [0.15, 0.2) is 11.8 Å². The fourth-order valence-electron chi connectivity index (χ4n) is 3.79. The van der Waals surface area contributed by atoms with Crippen LogP contribution in [0.5, 0.6) is 0 Å². The van der Waals surface area contributed by atoms with Gasteiger partial charge < -0.3 is 19.9 Å². The molecule has 2 aromatic heterocycles. The number of nitrogens with one attached hydrogen (secondary N) is 2. The number of ether oxygens (including phenoxy) is 1. The number of rotatable bonds is 5. The summed E-state index contributed by atoms with van der Waals surface area (Å²) in [5.74, 6) is 3.79. The number of fused-ring (bicyclic) bond motifs is 2. The highest BCUT2D eigenvalue weighted by Crippen LogP contribution is 2.15. The van der Waals surface area contributed by atoms with Gasteiger partial charge in [-0.05, 0) is 19.3 Å². The number of guanidine groups is 1. The molecule has 146 valence electrons. The quantitative estimate of drug-likeness (QED) is 0.591. The maximum atomic E-state index is 5.13. The van der Waals surface area contributed by atoms with Crippen molar-refractivity contribution in [1.82, 2.24) is 34.9 Å². The van der Waals surface area contributed by atoms with Crippen LogP contribution in [0, 0.1) is 0 Å². The largest absolute Gasteiger partial charge is 0.377 e. The third kappa shape index (κ3) is 4.13. The number of aryl methyl sites for hydroxylation is 3. The van der Waals surface area contributed by atoms with E-state index < -0.39 is 0 Å². The molecular weight excluding hydrogens is 344 g/mol. The molecule has 2 aromatic rings. The summed E-state index contributed by atoms with van der Waals surface area (Å²) in [6.45, 7) is 3.00. The van der Waals surface area contributed by atoms with E-state index in [2.05, 4.69) is 36.5 Å². The molecule has 2 aliphatic rings. The standard InChI is InChI=1S/C18H28N8O/c1-19-18(20-9-14-10-25-8-4-3-5-16(25)21-14)22-13-6-7-17-23-15(12-27-2)24-26(17)11-13/h10,13H,3-9,11-12H2,1-2H3,(H2,19,20,22). The molecule has 0 bridgehead atoms. The topological polar surface area (TPSA) is 94.2 Å². The molecule has 1 unspecified atom stereocenters. The minimum absolute atomic E-state index is 0.274. The Bertz CT molecular complexity index is 785. The van der Waals surface area contributed by atoms with E-state index in [-0.39, 0.29) is 6.04 Å². The second-order valence-electron chi connectivity index (χ2n) is 7.16. The number of hydrogen-bond acceptors (Lipinski definition) is 5. The van der Waals surface area contributed by atoms with Crippen molar-refractivity contribution in [3.63, 3.8) is 0 Å². The average molecular weight is 372 g/mol. The van der Waals surface area contributed by atoms with Crippen LogP contribution in [0.2, 0.25) is 0 Å². The molecule has 2 N–H and O–H groups in total. The zero-order valence-electron chi connectivity index (χ0n) is 16.1. The second-order valence-corrected chi connectivity index (χ2v) is 7.16. The van der Waals surface area contributed by atoms with E-state index >= 15 is 0 Å². The number of methoxy groups -OCH3 is 1. The van der Waals surface area contributed by atoms with Crippen LogP contribution in [-0.4, -0.2) is 50.5 Å². The van der Waals surface area contributed by atoms with Gasteiger partial charge in [0.05, 0.1) is 18.8 Å². The first kappa shape index (κ1) is 18.0. The Morgan fingerprint density at radius 2 is 2.22 bits per heavy atom. The van der Waals surface area contributed by atoms with Crippen molar-refractivity contribution < 1.29 is 4.74 Å². The van der Waals surface area contributed by atoms with Crippen molar-refractivity contribution >= 4 is 5.96 Å². The summed E-state index contributed by atoms with van der Waals surface area (Å²) in [7, 11) is 3.46. The van der Waals surface area contributed by atoms with Crippen LogP contribution in [0.3, 0.4) is 0 Å². The van der Waals surface area contributed by atoms with E-state index in [1.54, 1.807) is 14.2 Å². The van der Waals surface area contributed by atoms with Gasteiger partial charge in [-0.15, -0.1) is 0 Å². The van der Waals surface area contributed by atoms with E-state index in [1.807, 2.05) is 4.68 Å². The van der Waals surface area contributed by atoms with Crippen molar-refractivity contribution in [2.75, 3.05) is 14.2 Å². The predicted molar refractivity (Wildman–Crippen MR) is 101 cm³/mol. The van der Waals surface area contributed by atoms with Gasteiger partial charge in [0.1, 0.15) is 18.3 Å². The number of imidazole rings is 1. The normalized spacial score (nSPS) is 19.5. The summed E-state index contributed by atoms with van der Waals surface area (Å²) < 4.78 is 9.39. The zero-order valence-corrected chi connectivity index (χ0v) is 16.1. The molecule has 0 saturated heterocycles. The smallest absolute Gasteiger partial charge is 0.191 e. The molecule has 4 heterocycles. The number of nitrogens with zero attached hydrogens (tertiary/aromatic N) is 6. The van der Waals surface area contributed by atoms with Gasteiger partial charge in [0.2, 0.25) is 0 Å². The molecule has 27 heavy (non-hydrogen) atoms. The Hall–Kier alpha value is -2.42. The summed E-state index contributed by atoms with van der Waals surface area (Å²) in [6.07, 6.45) is 7.64. The molecule has 0 radical (unpaired) electrons. The number of hydrogen-bond donors (Lipinski definition) is 2. The molecule has 0 amide bonds. The maximum Gasteiger partial charge on any atom is 0.191 e. The van der Waals surface area contributed by atoms with E-state index in [0.29, 0.717) is 13.2 Å². The Labute approximate surface area is 159 Å². The zero-order chi connectivity index (χ0) is 18.6. The van der Waals surface area contributed by atoms with E-state index in [0.717, 1.165) is 55.7 Å².